The zero-order chi connectivity index (χ0) is 21.7. The van der Waals surface area contributed by atoms with Gasteiger partial charge in [-0.05, 0) is 37.0 Å². The number of amides is 1. The van der Waals surface area contributed by atoms with Gasteiger partial charge in [-0.25, -0.2) is 4.98 Å². The number of anilines is 2. The Balaban J connectivity index is 1.72. The summed E-state index contributed by atoms with van der Waals surface area (Å²) >= 11 is 12.3. The van der Waals surface area contributed by atoms with Gasteiger partial charge in [-0.2, -0.15) is 4.98 Å². The molecule has 2 atom stereocenters. The summed E-state index contributed by atoms with van der Waals surface area (Å²) in [6.45, 7) is 1.62. The molecule has 1 saturated carbocycles. The van der Waals surface area contributed by atoms with Crippen LogP contribution in [0.1, 0.15) is 37.8 Å². The molecule has 30 heavy (non-hydrogen) atoms. The Morgan fingerprint density at radius 2 is 2.03 bits per heavy atom. The maximum absolute atomic E-state index is 13.0. The Labute approximate surface area is 185 Å². The zero-order valence-corrected chi connectivity index (χ0v) is 18.0. The first kappa shape index (κ1) is 22.6. The standard InChI is InChI=1S/C20H25Cl2N5O3/c1-2-14(10-28)24-19-23-9-15(22)17(26-19)27-20(6-7-20)18(30)25-16(11-29)12-4-3-5-13(21)8-12/h3-5,8-9,14,16,28-29H,2,6-7,10-11H2,1H3,(H,25,30)(H2,23,24,26,27)/t14-,16+/m0/s1. The van der Waals surface area contributed by atoms with Crippen LogP contribution in [0, 0.1) is 0 Å². The lowest BCUT2D eigenvalue weighted by atomic mass is 10.1. The highest BCUT2D eigenvalue weighted by Crippen LogP contribution is 2.41. The number of halogens is 2. The molecule has 2 aromatic rings. The molecule has 0 saturated heterocycles. The lowest BCUT2D eigenvalue weighted by Gasteiger charge is -2.23. The number of hydrogen-bond donors (Lipinski definition) is 5. The fourth-order valence-corrected chi connectivity index (χ4v) is 3.34. The van der Waals surface area contributed by atoms with Crippen molar-refractivity contribution in [2.75, 3.05) is 23.8 Å². The van der Waals surface area contributed by atoms with Crippen molar-refractivity contribution in [2.24, 2.45) is 0 Å². The number of aliphatic hydroxyl groups is 2. The van der Waals surface area contributed by atoms with Gasteiger partial charge < -0.3 is 26.2 Å². The second kappa shape index (κ2) is 9.78. The molecule has 162 valence electrons. The first-order chi connectivity index (χ1) is 14.4. The summed E-state index contributed by atoms with van der Waals surface area (Å²) in [5, 5.41) is 29.0. The van der Waals surface area contributed by atoms with Crippen molar-refractivity contribution >= 4 is 40.9 Å². The molecule has 1 amide bonds. The summed E-state index contributed by atoms with van der Waals surface area (Å²) in [5.74, 6) is 0.386. The number of nitrogens with one attached hydrogen (secondary N) is 3. The highest BCUT2D eigenvalue weighted by atomic mass is 35.5. The zero-order valence-electron chi connectivity index (χ0n) is 16.5. The molecular weight excluding hydrogens is 429 g/mol. The summed E-state index contributed by atoms with van der Waals surface area (Å²) in [7, 11) is 0. The third-order valence-electron chi connectivity index (χ3n) is 5.07. The third kappa shape index (κ3) is 5.31. The van der Waals surface area contributed by atoms with E-state index in [1.807, 2.05) is 6.92 Å². The van der Waals surface area contributed by atoms with Crippen LogP contribution in [0.4, 0.5) is 11.8 Å². The molecule has 0 bridgehead atoms. The first-order valence-electron chi connectivity index (χ1n) is 9.76. The van der Waals surface area contributed by atoms with Crippen LogP contribution in [0.25, 0.3) is 0 Å². The molecule has 0 radical (unpaired) electrons. The van der Waals surface area contributed by atoms with Crippen LogP contribution in [-0.2, 0) is 4.79 Å². The van der Waals surface area contributed by atoms with Crippen molar-refractivity contribution in [3.63, 3.8) is 0 Å². The number of aliphatic hydroxyl groups excluding tert-OH is 2. The molecule has 1 heterocycles. The molecular formula is C20H25Cl2N5O3. The normalized spacial score (nSPS) is 16.4. The molecule has 1 aliphatic rings. The Kier molecular flexibility index (Phi) is 7.36. The van der Waals surface area contributed by atoms with E-state index in [1.54, 1.807) is 24.3 Å². The molecule has 1 aliphatic carbocycles. The number of aromatic nitrogens is 2. The highest BCUT2D eigenvalue weighted by Gasteiger charge is 2.51. The minimum Gasteiger partial charge on any atom is -0.394 e. The molecule has 10 heteroatoms. The van der Waals surface area contributed by atoms with Crippen LogP contribution >= 0.6 is 23.2 Å². The summed E-state index contributed by atoms with van der Waals surface area (Å²) < 4.78 is 0. The van der Waals surface area contributed by atoms with Crippen molar-refractivity contribution in [1.29, 1.82) is 0 Å². The van der Waals surface area contributed by atoms with Crippen molar-refractivity contribution in [1.82, 2.24) is 15.3 Å². The van der Waals surface area contributed by atoms with Gasteiger partial charge in [0.25, 0.3) is 0 Å². The molecule has 0 aliphatic heterocycles. The van der Waals surface area contributed by atoms with Crippen LogP contribution in [-0.4, -0.2) is 50.9 Å². The van der Waals surface area contributed by atoms with Crippen LogP contribution in [0.3, 0.4) is 0 Å². The van der Waals surface area contributed by atoms with E-state index in [9.17, 15) is 15.0 Å². The maximum atomic E-state index is 13.0. The smallest absolute Gasteiger partial charge is 0.246 e. The Bertz CT molecular complexity index is 890. The van der Waals surface area contributed by atoms with Gasteiger partial charge in [0.15, 0.2) is 5.82 Å². The summed E-state index contributed by atoms with van der Waals surface area (Å²) in [4.78, 5) is 21.5. The van der Waals surface area contributed by atoms with Crippen molar-refractivity contribution in [2.45, 2.75) is 43.8 Å². The lowest BCUT2D eigenvalue weighted by molar-refractivity contribution is -0.123. The van der Waals surface area contributed by atoms with E-state index in [0.717, 1.165) is 5.56 Å². The van der Waals surface area contributed by atoms with Gasteiger partial charge in [0.05, 0.1) is 31.5 Å². The number of nitrogens with zero attached hydrogens (tertiary/aromatic N) is 2. The third-order valence-corrected chi connectivity index (χ3v) is 5.58. The summed E-state index contributed by atoms with van der Waals surface area (Å²) in [5.41, 5.74) is -0.141. The van der Waals surface area contributed by atoms with Crippen molar-refractivity contribution in [3.8, 4) is 0 Å². The minimum absolute atomic E-state index is 0.0519. The largest absolute Gasteiger partial charge is 0.394 e. The van der Waals surface area contributed by atoms with Gasteiger partial charge in [-0.3, -0.25) is 4.79 Å². The van der Waals surface area contributed by atoms with Crippen LogP contribution in [0.15, 0.2) is 30.5 Å². The molecule has 0 unspecified atom stereocenters. The van der Waals surface area contributed by atoms with E-state index in [4.69, 9.17) is 23.2 Å². The second-order valence-corrected chi connectivity index (χ2v) is 8.14. The molecule has 3 rings (SSSR count). The maximum Gasteiger partial charge on any atom is 0.246 e. The van der Waals surface area contributed by atoms with Gasteiger partial charge in [0, 0.05) is 5.02 Å². The van der Waals surface area contributed by atoms with Gasteiger partial charge in [-0.1, -0.05) is 42.3 Å². The van der Waals surface area contributed by atoms with Gasteiger partial charge >= 0.3 is 0 Å². The molecule has 1 aromatic heterocycles. The predicted molar refractivity (Wildman–Crippen MR) is 117 cm³/mol. The monoisotopic (exact) mass is 453 g/mol. The Hall–Kier alpha value is -2.13. The average molecular weight is 454 g/mol. The molecule has 8 nitrogen and oxygen atoms in total. The van der Waals surface area contributed by atoms with E-state index >= 15 is 0 Å². The quantitative estimate of drug-likeness (QED) is 0.375. The van der Waals surface area contributed by atoms with Gasteiger partial charge in [0.2, 0.25) is 11.9 Å². The lowest BCUT2D eigenvalue weighted by Crippen LogP contribution is -2.44. The second-order valence-electron chi connectivity index (χ2n) is 7.29. The Morgan fingerprint density at radius 3 is 2.63 bits per heavy atom. The average Bonchev–Trinajstić information content (AvgIpc) is 3.53. The number of hydrogen-bond acceptors (Lipinski definition) is 7. The van der Waals surface area contributed by atoms with E-state index < -0.39 is 11.6 Å². The van der Waals surface area contributed by atoms with Crippen molar-refractivity contribution < 1.29 is 15.0 Å². The van der Waals surface area contributed by atoms with Gasteiger partial charge in [-0.15, -0.1) is 0 Å². The predicted octanol–water partition coefficient (Wildman–Crippen LogP) is 2.76. The van der Waals surface area contributed by atoms with E-state index in [1.165, 1.54) is 6.20 Å². The Morgan fingerprint density at radius 1 is 1.27 bits per heavy atom. The SMILES string of the molecule is CC[C@@H](CO)Nc1ncc(Cl)c(NC2(C(=O)N[C@H](CO)c3cccc(Cl)c3)CC2)n1. The van der Waals surface area contributed by atoms with E-state index in [0.29, 0.717) is 36.1 Å². The van der Waals surface area contributed by atoms with Gasteiger partial charge in [0.1, 0.15) is 10.6 Å². The fraction of sp³-hybridized carbons (Fsp3) is 0.450. The van der Waals surface area contributed by atoms with Crippen molar-refractivity contribution in [3.05, 3.63) is 46.1 Å². The molecule has 1 aromatic carbocycles. The molecule has 0 spiro atoms. The summed E-state index contributed by atoms with van der Waals surface area (Å²) in [6.07, 6.45) is 3.34. The van der Waals surface area contributed by atoms with E-state index in [2.05, 4.69) is 25.9 Å². The van der Waals surface area contributed by atoms with Crippen LogP contribution in [0.5, 0.6) is 0 Å². The number of carbonyl (C=O) groups is 1. The minimum atomic E-state index is -0.859. The number of benzene rings is 1. The van der Waals surface area contributed by atoms with Crippen LogP contribution < -0.4 is 16.0 Å². The first-order valence-corrected chi connectivity index (χ1v) is 10.5. The topological polar surface area (TPSA) is 119 Å². The van der Waals surface area contributed by atoms with E-state index in [-0.39, 0.29) is 30.2 Å². The van der Waals surface area contributed by atoms with Crippen LogP contribution in [0.2, 0.25) is 10.0 Å². The number of rotatable bonds is 10. The summed E-state index contributed by atoms with van der Waals surface area (Å²) in [6, 6.07) is 6.24. The molecule has 1 fully saturated rings. The molecule has 5 N–H and O–H groups in total. The fourth-order valence-electron chi connectivity index (χ4n) is 3.00. The highest BCUT2D eigenvalue weighted by molar-refractivity contribution is 6.33. The number of carbonyl (C=O) groups excluding carboxylic acids is 1.